The molecule has 4 aromatic rings. The molecule has 0 amide bonds. The van der Waals surface area contributed by atoms with Gasteiger partial charge in [0.05, 0.1) is 0 Å². The number of nitrogens with zero attached hydrogens (tertiary/aromatic N) is 3. The van der Waals surface area contributed by atoms with Crippen LogP contribution in [0.1, 0.15) is 22.9 Å². The predicted molar refractivity (Wildman–Crippen MR) is 120 cm³/mol. The number of halogens is 1. The van der Waals surface area contributed by atoms with Gasteiger partial charge in [0.25, 0.3) is 0 Å². The Hall–Kier alpha value is -2.44. The molecule has 0 N–H and O–H groups in total. The van der Waals surface area contributed by atoms with Gasteiger partial charge >= 0.3 is 0 Å². The van der Waals surface area contributed by atoms with E-state index in [1.165, 1.54) is 33.7 Å². The van der Waals surface area contributed by atoms with Crippen molar-refractivity contribution in [1.29, 1.82) is 0 Å². The van der Waals surface area contributed by atoms with E-state index >= 15 is 0 Å². The molecule has 0 aliphatic rings. The molecule has 0 aliphatic carbocycles. The number of hydrogen-bond acceptors (Lipinski definition) is 4. The fourth-order valence-corrected chi connectivity index (χ4v) is 5.13. The van der Waals surface area contributed by atoms with Crippen LogP contribution in [-0.4, -0.2) is 14.8 Å². The molecule has 0 radical (unpaired) electrons. The molecule has 0 bridgehead atoms. The summed E-state index contributed by atoms with van der Waals surface area (Å²) in [6.07, 6.45) is 0. The van der Waals surface area contributed by atoms with Crippen molar-refractivity contribution >= 4 is 23.1 Å². The Morgan fingerprint density at radius 2 is 1.72 bits per heavy atom. The quantitative estimate of drug-likeness (QED) is 0.322. The van der Waals surface area contributed by atoms with E-state index < -0.39 is 0 Å². The molecule has 4 rings (SSSR count). The smallest absolute Gasteiger partial charge is 0.191 e. The first kappa shape index (κ1) is 19.9. The average molecular weight is 424 g/mol. The summed E-state index contributed by atoms with van der Waals surface area (Å²) in [5, 5.41) is 12.1. The molecule has 148 valence electrons. The van der Waals surface area contributed by atoms with Crippen LogP contribution in [0.25, 0.3) is 22.5 Å². The van der Waals surface area contributed by atoms with Crippen LogP contribution in [0.15, 0.2) is 59.1 Å². The molecule has 29 heavy (non-hydrogen) atoms. The van der Waals surface area contributed by atoms with E-state index in [-0.39, 0.29) is 5.82 Å². The molecule has 3 nitrogen and oxygen atoms in total. The van der Waals surface area contributed by atoms with Crippen molar-refractivity contribution in [3.05, 3.63) is 75.7 Å². The fraction of sp³-hybridized carbons (Fsp3) is 0.217. The maximum atomic E-state index is 13.1. The van der Waals surface area contributed by atoms with Crippen molar-refractivity contribution in [3.8, 4) is 22.5 Å². The standard InChI is InChI=1S/C23H22FN3S2/c1-4-27-22(25-26-23(27)29-13-17-7-11-19(24)12-8-17)20-14-28-16(3)21(20)18-9-5-15(2)6-10-18/h5-12,14H,4,13H2,1-3H3. The third kappa shape index (κ3) is 4.14. The Bertz CT molecular complexity index is 1110. The van der Waals surface area contributed by atoms with Crippen LogP contribution in [-0.2, 0) is 12.3 Å². The van der Waals surface area contributed by atoms with E-state index in [2.05, 4.69) is 65.2 Å². The van der Waals surface area contributed by atoms with Gasteiger partial charge in [-0.15, -0.1) is 21.5 Å². The van der Waals surface area contributed by atoms with Gasteiger partial charge in [0.1, 0.15) is 5.82 Å². The van der Waals surface area contributed by atoms with Gasteiger partial charge in [-0.3, -0.25) is 0 Å². The van der Waals surface area contributed by atoms with Gasteiger partial charge in [-0.2, -0.15) is 0 Å². The summed E-state index contributed by atoms with van der Waals surface area (Å²) >= 11 is 3.37. The molecule has 2 aromatic carbocycles. The maximum absolute atomic E-state index is 13.1. The van der Waals surface area contributed by atoms with Gasteiger partial charge in [-0.1, -0.05) is 53.7 Å². The van der Waals surface area contributed by atoms with Gasteiger partial charge in [0.2, 0.25) is 0 Å². The Balaban J connectivity index is 1.66. The molecule has 0 unspecified atom stereocenters. The van der Waals surface area contributed by atoms with Crippen molar-refractivity contribution < 1.29 is 4.39 Å². The first-order chi connectivity index (χ1) is 14.1. The normalized spacial score (nSPS) is 11.2. The zero-order valence-corrected chi connectivity index (χ0v) is 18.3. The van der Waals surface area contributed by atoms with Crippen molar-refractivity contribution in [3.63, 3.8) is 0 Å². The zero-order chi connectivity index (χ0) is 20.4. The molecule has 0 fully saturated rings. The number of thioether (sulfide) groups is 1. The van der Waals surface area contributed by atoms with Gasteiger partial charge < -0.3 is 4.57 Å². The van der Waals surface area contributed by atoms with Crippen LogP contribution in [0.2, 0.25) is 0 Å². The molecule has 0 spiro atoms. The summed E-state index contributed by atoms with van der Waals surface area (Å²) in [7, 11) is 0. The fourth-order valence-electron chi connectivity index (χ4n) is 3.31. The van der Waals surface area contributed by atoms with Crippen molar-refractivity contribution in [2.75, 3.05) is 0 Å². The van der Waals surface area contributed by atoms with Crippen molar-refractivity contribution in [1.82, 2.24) is 14.8 Å². The number of aromatic nitrogens is 3. The lowest BCUT2D eigenvalue weighted by molar-refractivity contribution is 0.627. The first-order valence-corrected chi connectivity index (χ1v) is 11.4. The van der Waals surface area contributed by atoms with Crippen LogP contribution >= 0.6 is 23.1 Å². The molecule has 2 heterocycles. The lowest BCUT2D eigenvalue weighted by Crippen LogP contribution is -2.00. The summed E-state index contributed by atoms with van der Waals surface area (Å²) in [6, 6.07) is 15.2. The molecule has 2 aromatic heterocycles. The van der Waals surface area contributed by atoms with Gasteiger partial charge in [0.15, 0.2) is 11.0 Å². The second-order valence-electron chi connectivity index (χ2n) is 6.91. The minimum absolute atomic E-state index is 0.214. The highest BCUT2D eigenvalue weighted by molar-refractivity contribution is 7.98. The summed E-state index contributed by atoms with van der Waals surface area (Å²) in [4.78, 5) is 1.27. The van der Waals surface area contributed by atoms with E-state index in [0.29, 0.717) is 0 Å². The van der Waals surface area contributed by atoms with Gasteiger partial charge in [-0.25, -0.2) is 4.39 Å². The second kappa shape index (κ2) is 8.51. The first-order valence-electron chi connectivity index (χ1n) is 9.52. The van der Waals surface area contributed by atoms with Crippen LogP contribution in [0.3, 0.4) is 0 Å². The van der Waals surface area contributed by atoms with Crippen LogP contribution < -0.4 is 0 Å². The van der Waals surface area contributed by atoms with Crippen molar-refractivity contribution in [2.45, 2.75) is 38.2 Å². The van der Waals surface area contributed by atoms with E-state index in [0.717, 1.165) is 34.4 Å². The van der Waals surface area contributed by atoms with E-state index in [9.17, 15) is 4.39 Å². The Kier molecular flexibility index (Phi) is 5.83. The highest BCUT2D eigenvalue weighted by Crippen LogP contribution is 2.39. The minimum atomic E-state index is -0.214. The number of rotatable bonds is 6. The van der Waals surface area contributed by atoms with E-state index in [1.54, 1.807) is 23.1 Å². The molecular formula is C23H22FN3S2. The molecule has 0 saturated carbocycles. The maximum Gasteiger partial charge on any atom is 0.191 e. The lowest BCUT2D eigenvalue weighted by atomic mass is 10.0. The summed E-state index contributed by atoms with van der Waals surface area (Å²) < 4.78 is 15.3. The third-order valence-electron chi connectivity index (χ3n) is 4.87. The molecule has 0 aliphatic heterocycles. The second-order valence-corrected chi connectivity index (χ2v) is 8.94. The Labute approximate surface area is 178 Å². The highest BCUT2D eigenvalue weighted by atomic mass is 32.2. The molecular weight excluding hydrogens is 401 g/mol. The number of benzene rings is 2. The van der Waals surface area contributed by atoms with Crippen molar-refractivity contribution in [2.24, 2.45) is 0 Å². The SMILES string of the molecule is CCn1c(SCc2ccc(F)cc2)nnc1-c1csc(C)c1-c1ccc(C)cc1. The van der Waals surface area contributed by atoms with Crippen LogP contribution in [0.4, 0.5) is 4.39 Å². The monoisotopic (exact) mass is 423 g/mol. The number of aryl methyl sites for hydroxylation is 2. The molecule has 0 atom stereocenters. The highest BCUT2D eigenvalue weighted by Gasteiger charge is 2.20. The van der Waals surface area contributed by atoms with E-state index in [1.807, 2.05) is 12.1 Å². The summed E-state index contributed by atoms with van der Waals surface area (Å²) in [5.41, 5.74) is 5.87. The zero-order valence-electron chi connectivity index (χ0n) is 16.6. The average Bonchev–Trinajstić information content (AvgIpc) is 3.31. The third-order valence-corrected chi connectivity index (χ3v) is 6.82. The Morgan fingerprint density at radius 1 is 1.00 bits per heavy atom. The summed E-state index contributed by atoms with van der Waals surface area (Å²) in [6.45, 7) is 7.15. The largest absolute Gasteiger partial charge is 0.302 e. The molecule has 6 heteroatoms. The summed E-state index contributed by atoms with van der Waals surface area (Å²) in [5.74, 6) is 1.41. The predicted octanol–water partition coefficient (Wildman–Crippen LogP) is 6.74. The van der Waals surface area contributed by atoms with Gasteiger partial charge in [0, 0.05) is 33.7 Å². The number of thiophene rings is 1. The molecule has 0 saturated heterocycles. The Morgan fingerprint density at radius 3 is 2.41 bits per heavy atom. The van der Waals surface area contributed by atoms with Crippen LogP contribution in [0, 0.1) is 19.7 Å². The lowest BCUT2D eigenvalue weighted by Gasteiger charge is -2.10. The minimum Gasteiger partial charge on any atom is -0.302 e. The van der Waals surface area contributed by atoms with Gasteiger partial charge in [-0.05, 0) is 44.0 Å². The number of hydrogen-bond donors (Lipinski definition) is 0. The van der Waals surface area contributed by atoms with E-state index in [4.69, 9.17) is 0 Å². The topological polar surface area (TPSA) is 30.7 Å². The van der Waals surface area contributed by atoms with Crippen LogP contribution in [0.5, 0.6) is 0 Å².